The molecule has 1 aromatic rings. The van der Waals surface area contributed by atoms with E-state index in [0.29, 0.717) is 0 Å². The second-order valence-corrected chi connectivity index (χ2v) is 2.58. The highest BCUT2D eigenvalue weighted by Gasteiger charge is 1.82. The smallest absolute Gasteiger partial charge is 0.0340 e. The fraction of sp³-hybridized carbons (Fsp3) is 0.300. The van der Waals surface area contributed by atoms with E-state index in [2.05, 4.69) is 22.5 Å². The molecule has 1 N–H and O–H groups in total. The summed E-state index contributed by atoms with van der Waals surface area (Å²) in [5.74, 6) is 0. The Hall–Kier alpha value is -1.15. The molecule has 0 aliphatic rings. The van der Waals surface area contributed by atoms with E-state index >= 15 is 0 Å². The van der Waals surface area contributed by atoms with Gasteiger partial charge in [-0.1, -0.05) is 18.2 Å². The number of hydrogen-bond donors (Lipinski definition) is 1. The largest absolute Gasteiger partial charge is 0.319 e. The van der Waals surface area contributed by atoms with Gasteiger partial charge in [0.05, 0.1) is 0 Å². The Morgan fingerprint density at radius 1 is 1.58 bits per heavy atom. The van der Waals surface area contributed by atoms with Crippen LogP contribution in [0.1, 0.15) is 12.0 Å². The van der Waals surface area contributed by atoms with Gasteiger partial charge in [0.15, 0.2) is 0 Å². The maximum atomic E-state index is 4.02. The molecule has 0 spiro atoms. The minimum Gasteiger partial charge on any atom is -0.319 e. The molecule has 2 heteroatoms. The van der Waals surface area contributed by atoms with Gasteiger partial charge in [-0.25, -0.2) is 0 Å². The molecule has 0 atom stereocenters. The first-order valence-corrected chi connectivity index (χ1v) is 4.14. The molecule has 0 radical (unpaired) electrons. The van der Waals surface area contributed by atoms with E-state index in [9.17, 15) is 0 Å². The van der Waals surface area contributed by atoms with Crippen LogP contribution in [-0.2, 0) is 0 Å². The van der Waals surface area contributed by atoms with Gasteiger partial charge in [-0.05, 0) is 31.6 Å². The molecule has 0 bridgehead atoms. The second kappa shape index (κ2) is 5.49. The number of nitrogens with zero attached hydrogens (tertiary/aromatic N) is 1. The molecule has 0 saturated carbocycles. The summed E-state index contributed by atoms with van der Waals surface area (Å²) in [5, 5.41) is 3.09. The third-order valence-electron chi connectivity index (χ3n) is 1.56. The van der Waals surface area contributed by atoms with Crippen LogP contribution < -0.4 is 5.32 Å². The highest BCUT2D eigenvalue weighted by molar-refractivity contribution is 5.47. The molecule has 0 aliphatic heterocycles. The van der Waals surface area contributed by atoms with Gasteiger partial charge >= 0.3 is 0 Å². The van der Waals surface area contributed by atoms with E-state index < -0.39 is 0 Å². The van der Waals surface area contributed by atoms with Crippen LogP contribution in [0.2, 0.25) is 0 Å². The molecule has 0 aromatic carbocycles. The Bertz CT molecular complexity index is 229. The van der Waals surface area contributed by atoms with Crippen molar-refractivity contribution in [2.45, 2.75) is 6.42 Å². The monoisotopic (exact) mass is 162 g/mol. The lowest BCUT2D eigenvalue weighted by molar-refractivity contribution is 0.809. The molecule has 1 aromatic heterocycles. The van der Waals surface area contributed by atoms with Crippen molar-refractivity contribution in [2.75, 3.05) is 13.6 Å². The molecule has 1 heterocycles. The molecular weight excluding hydrogens is 148 g/mol. The molecular formula is C10H14N2. The molecule has 1 rings (SSSR count). The minimum atomic E-state index is 1.02. The van der Waals surface area contributed by atoms with Crippen LogP contribution in [0, 0.1) is 0 Å². The van der Waals surface area contributed by atoms with Crippen molar-refractivity contribution < 1.29 is 0 Å². The Kier molecular flexibility index (Phi) is 4.09. The molecule has 0 unspecified atom stereocenters. The first-order valence-electron chi connectivity index (χ1n) is 4.14. The van der Waals surface area contributed by atoms with E-state index in [0.717, 1.165) is 18.5 Å². The third-order valence-corrected chi connectivity index (χ3v) is 1.56. The lowest BCUT2D eigenvalue weighted by Gasteiger charge is -1.92. The minimum absolute atomic E-state index is 1.02. The van der Waals surface area contributed by atoms with Crippen molar-refractivity contribution in [1.82, 2.24) is 10.3 Å². The number of hydrogen-bond acceptors (Lipinski definition) is 2. The van der Waals surface area contributed by atoms with E-state index in [1.807, 2.05) is 25.4 Å². The summed E-state index contributed by atoms with van der Waals surface area (Å²) in [6.45, 7) is 1.02. The zero-order chi connectivity index (χ0) is 8.65. The number of rotatable bonds is 4. The summed E-state index contributed by atoms with van der Waals surface area (Å²) in [6, 6.07) is 3.99. The molecule has 0 saturated heterocycles. The Morgan fingerprint density at radius 2 is 2.50 bits per heavy atom. The van der Waals surface area contributed by atoms with Gasteiger partial charge in [-0.2, -0.15) is 0 Å². The van der Waals surface area contributed by atoms with Gasteiger partial charge in [-0.3, -0.25) is 4.98 Å². The van der Waals surface area contributed by atoms with E-state index in [1.54, 1.807) is 6.20 Å². The molecule has 64 valence electrons. The van der Waals surface area contributed by atoms with Crippen LogP contribution in [0.5, 0.6) is 0 Å². The molecule has 0 aliphatic carbocycles. The van der Waals surface area contributed by atoms with Gasteiger partial charge < -0.3 is 5.32 Å². The van der Waals surface area contributed by atoms with Crippen molar-refractivity contribution in [1.29, 1.82) is 0 Å². The molecule has 0 amide bonds. The SMILES string of the molecule is CNCCC=Cc1cccnc1. The summed E-state index contributed by atoms with van der Waals surface area (Å²) in [5.41, 5.74) is 1.16. The van der Waals surface area contributed by atoms with Crippen LogP contribution in [0.3, 0.4) is 0 Å². The highest BCUT2D eigenvalue weighted by Crippen LogP contribution is 1.98. The molecule has 12 heavy (non-hydrogen) atoms. The predicted octanol–water partition coefficient (Wildman–Crippen LogP) is 1.70. The zero-order valence-corrected chi connectivity index (χ0v) is 7.33. The fourth-order valence-corrected chi connectivity index (χ4v) is 0.922. The quantitative estimate of drug-likeness (QED) is 0.682. The fourth-order valence-electron chi connectivity index (χ4n) is 0.922. The van der Waals surface area contributed by atoms with Crippen LogP contribution >= 0.6 is 0 Å². The van der Waals surface area contributed by atoms with Gasteiger partial charge in [-0.15, -0.1) is 0 Å². The topological polar surface area (TPSA) is 24.9 Å². The van der Waals surface area contributed by atoms with Gasteiger partial charge in [0.2, 0.25) is 0 Å². The lowest BCUT2D eigenvalue weighted by atomic mass is 10.2. The van der Waals surface area contributed by atoms with Crippen molar-refractivity contribution >= 4 is 6.08 Å². The summed E-state index contributed by atoms with van der Waals surface area (Å²) >= 11 is 0. The van der Waals surface area contributed by atoms with Crippen LogP contribution in [0.15, 0.2) is 30.6 Å². The summed E-state index contributed by atoms with van der Waals surface area (Å²) < 4.78 is 0. The maximum absolute atomic E-state index is 4.02. The number of pyridine rings is 1. The van der Waals surface area contributed by atoms with Crippen molar-refractivity contribution in [3.8, 4) is 0 Å². The Labute approximate surface area is 73.3 Å². The van der Waals surface area contributed by atoms with Crippen LogP contribution in [0.25, 0.3) is 6.08 Å². The molecule has 0 fully saturated rings. The van der Waals surface area contributed by atoms with E-state index in [-0.39, 0.29) is 0 Å². The summed E-state index contributed by atoms with van der Waals surface area (Å²) in [7, 11) is 1.96. The number of nitrogens with one attached hydrogen (secondary N) is 1. The van der Waals surface area contributed by atoms with Gasteiger partial charge in [0.1, 0.15) is 0 Å². The zero-order valence-electron chi connectivity index (χ0n) is 7.33. The number of aromatic nitrogens is 1. The maximum Gasteiger partial charge on any atom is 0.0340 e. The lowest BCUT2D eigenvalue weighted by Crippen LogP contribution is -2.05. The van der Waals surface area contributed by atoms with Crippen LogP contribution in [0.4, 0.5) is 0 Å². The summed E-state index contributed by atoms with van der Waals surface area (Å²) in [6.07, 6.45) is 8.93. The Balaban J connectivity index is 2.36. The highest BCUT2D eigenvalue weighted by atomic mass is 14.8. The standard InChI is InChI=1S/C10H14N2/c1-11-7-3-2-5-10-6-4-8-12-9-10/h2,4-6,8-9,11H,3,7H2,1H3. The average Bonchev–Trinajstić information content (AvgIpc) is 2.14. The molecule has 2 nitrogen and oxygen atoms in total. The normalized spacial score (nSPS) is 10.8. The van der Waals surface area contributed by atoms with E-state index in [1.165, 1.54) is 0 Å². The van der Waals surface area contributed by atoms with Crippen molar-refractivity contribution in [2.24, 2.45) is 0 Å². The van der Waals surface area contributed by atoms with E-state index in [4.69, 9.17) is 0 Å². The first-order chi connectivity index (χ1) is 5.93. The second-order valence-electron chi connectivity index (χ2n) is 2.58. The third kappa shape index (κ3) is 3.30. The Morgan fingerprint density at radius 3 is 3.17 bits per heavy atom. The van der Waals surface area contributed by atoms with Crippen LogP contribution in [-0.4, -0.2) is 18.6 Å². The van der Waals surface area contributed by atoms with Crippen molar-refractivity contribution in [3.05, 3.63) is 36.2 Å². The van der Waals surface area contributed by atoms with Gasteiger partial charge in [0, 0.05) is 12.4 Å². The van der Waals surface area contributed by atoms with Crippen molar-refractivity contribution in [3.63, 3.8) is 0 Å². The summed E-state index contributed by atoms with van der Waals surface area (Å²) in [4.78, 5) is 4.02. The average molecular weight is 162 g/mol. The van der Waals surface area contributed by atoms with Gasteiger partial charge in [0.25, 0.3) is 0 Å². The predicted molar refractivity (Wildman–Crippen MR) is 51.8 cm³/mol. The first kappa shape index (κ1) is 8.94.